The number of carbonyl (C=O) groups is 1. The summed E-state index contributed by atoms with van der Waals surface area (Å²) in [6.45, 7) is 17.0. The van der Waals surface area contributed by atoms with Crippen molar-refractivity contribution < 1.29 is 14.4 Å². The molecule has 1 aromatic heterocycles. The quantitative estimate of drug-likeness (QED) is 0.498. The van der Waals surface area contributed by atoms with Gasteiger partial charge in [-0.15, -0.1) is 0 Å². The molecule has 0 spiro atoms. The zero-order chi connectivity index (χ0) is 25.2. The van der Waals surface area contributed by atoms with Crippen LogP contribution >= 0.6 is 0 Å². The molecule has 0 bridgehead atoms. The number of hydrogen-bond acceptors (Lipinski definition) is 4. The third-order valence-electron chi connectivity index (χ3n) is 13.2. The van der Waals surface area contributed by atoms with Crippen LogP contribution in [0.15, 0.2) is 22.4 Å². The summed E-state index contributed by atoms with van der Waals surface area (Å²) in [4.78, 5) is 14.4. The average molecular weight is 480 g/mol. The van der Waals surface area contributed by atoms with Crippen molar-refractivity contribution in [3.05, 3.63) is 29.2 Å². The minimum absolute atomic E-state index is 0.0103. The van der Waals surface area contributed by atoms with Gasteiger partial charge in [-0.2, -0.15) is 0 Å². The summed E-state index contributed by atoms with van der Waals surface area (Å²) in [5.41, 5.74) is 2.27. The van der Waals surface area contributed by atoms with Crippen molar-refractivity contribution in [2.24, 2.45) is 51.2 Å². The Morgan fingerprint density at radius 3 is 2.51 bits per heavy atom. The molecule has 4 heteroatoms. The molecule has 0 aromatic carbocycles. The van der Waals surface area contributed by atoms with E-state index in [2.05, 4.69) is 59.7 Å². The van der Waals surface area contributed by atoms with Crippen molar-refractivity contribution in [1.29, 1.82) is 0 Å². The van der Waals surface area contributed by atoms with E-state index in [4.69, 9.17) is 4.52 Å². The molecule has 4 nitrogen and oxygen atoms in total. The fourth-order valence-electron chi connectivity index (χ4n) is 10.9. The molecule has 5 aliphatic carbocycles. The van der Waals surface area contributed by atoms with Gasteiger partial charge in [-0.3, -0.25) is 4.79 Å². The fraction of sp³-hybridized carbons (Fsp3) is 0.806. The molecule has 5 aliphatic rings. The molecule has 0 amide bonds. The maximum atomic E-state index is 14.4. The summed E-state index contributed by atoms with van der Waals surface area (Å²) in [5, 5.41) is 14.9. The Bertz CT molecular complexity index is 1100. The second kappa shape index (κ2) is 7.11. The third-order valence-corrected chi connectivity index (χ3v) is 13.2. The zero-order valence-electron chi connectivity index (χ0n) is 22.9. The Labute approximate surface area is 211 Å². The molecule has 35 heavy (non-hydrogen) atoms. The number of nitrogens with zero attached hydrogens (tertiary/aromatic N) is 1. The van der Waals surface area contributed by atoms with E-state index in [0.29, 0.717) is 23.5 Å². The first-order valence-electron chi connectivity index (χ1n) is 14.2. The molecule has 192 valence electrons. The predicted molar refractivity (Wildman–Crippen MR) is 137 cm³/mol. The Morgan fingerprint density at radius 1 is 1.06 bits per heavy atom. The summed E-state index contributed by atoms with van der Waals surface area (Å²) in [7, 11) is 0. The van der Waals surface area contributed by atoms with E-state index in [0.717, 1.165) is 44.3 Å². The van der Waals surface area contributed by atoms with Crippen LogP contribution in [0, 0.1) is 51.2 Å². The molecule has 3 saturated carbocycles. The normalized spacial score (nSPS) is 50.2. The van der Waals surface area contributed by atoms with Crippen molar-refractivity contribution in [1.82, 2.24) is 5.16 Å². The van der Waals surface area contributed by atoms with E-state index < -0.39 is 0 Å². The molecule has 1 N–H and O–H groups in total. The predicted octanol–water partition coefficient (Wildman–Crippen LogP) is 6.52. The second-order valence-electron chi connectivity index (χ2n) is 14.7. The number of aromatic nitrogens is 1. The van der Waals surface area contributed by atoms with Gasteiger partial charge in [-0.1, -0.05) is 59.2 Å². The van der Waals surface area contributed by atoms with Crippen LogP contribution in [0.25, 0.3) is 0 Å². The van der Waals surface area contributed by atoms with Crippen LogP contribution in [0.5, 0.6) is 0 Å². The minimum atomic E-state index is -0.103. The van der Waals surface area contributed by atoms with Gasteiger partial charge in [0.15, 0.2) is 5.78 Å². The van der Waals surface area contributed by atoms with E-state index in [-0.39, 0.29) is 45.5 Å². The van der Waals surface area contributed by atoms with E-state index >= 15 is 0 Å². The van der Waals surface area contributed by atoms with Gasteiger partial charge in [-0.25, -0.2) is 0 Å². The summed E-state index contributed by atoms with van der Waals surface area (Å²) in [6.07, 6.45) is 11.6. The minimum Gasteiger partial charge on any atom is -0.396 e. The summed E-state index contributed by atoms with van der Waals surface area (Å²) >= 11 is 0. The van der Waals surface area contributed by atoms with Crippen molar-refractivity contribution in [3.63, 3.8) is 0 Å². The lowest BCUT2D eigenvalue weighted by Crippen LogP contribution is -2.66. The highest BCUT2D eigenvalue weighted by atomic mass is 16.5. The van der Waals surface area contributed by atoms with Gasteiger partial charge in [0.1, 0.15) is 5.76 Å². The lowest BCUT2D eigenvalue weighted by molar-refractivity contribution is -0.184. The first kappa shape index (κ1) is 23.9. The summed E-state index contributed by atoms with van der Waals surface area (Å²) < 4.78 is 5.80. The molecule has 0 unspecified atom stereocenters. The van der Waals surface area contributed by atoms with Gasteiger partial charge in [0, 0.05) is 23.5 Å². The van der Waals surface area contributed by atoms with Crippen LogP contribution in [-0.4, -0.2) is 22.7 Å². The zero-order valence-corrected chi connectivity index (χ0v) is 22.9. The lowest BCUT2D eigenvalue weighted by atomic mass is 9.33. The largest absolute Gasteiger partial charge is 0.396 e. The third kappa shape index (κ3) is 2.68. The van der Waals surface area contributed by atoms with Crippen LogP contribution < -0.4 is 0 Å². The number of fused-ring (bicyclic) bond motifs is 8. The number of aliphatic hydroxyl groups is 1. The summed E-state index contributed by atoms with van der Waals surface area (Å²) in [6, 6.07) is 0. The Hall–Kier alpha value is -1.42. The number of aliphatic hydroxyl groups excluding tert-OH is 1. The van der Waals surface area contributed by atoms with Gasteiger partial charge in [0.05, 0.1) is 6.20 Å². The SMILES string of the molecule is C[C@@H]1[C@H]2[C@H]3C(=O)C=C4[C@@]5(C)Cc6cnoc6C(C)(C)[C@@H]5CC[C@@]4(C)[C@]3(C)CC[C@@]2(CO)CC[C@H]1C. The number of carbonyl (C=O) groups excluding carboxylic acids is 1. The highest BCUT2D eigenvalue weighted by Crippen LogP contribution is 2.74. The van der Waals surface area contributed by atoms with Gasteiger partial charge >= 0.3 is 0 Å². The lowest BCUT2D eigenvalue weighted by Gasteiger charge is -2.70. The molecular formula is C31H45NO3. The highest BCUT2D eigenvalue weighted by molar-refractivity contribution is 5.95. The highest BCUT2D eigenvalue weighted by Gasteiger charge is 2.70. The van der Waals surface area contributed by atoms with Crippen molar-refractivity contribution in [3.8, 4) is 0 Å². The van der Waals surface area contributed by atoms with Crippen molar-refractivity contribution in [2.75, 3.05) is 6.61 Å². The van der Waals surface area contributed by atoms with E-state index in [1.165, 1.54) is 17.6 Å². The maximum Gasteiger partial charge on any atom is 0.159 e. The Morgan fingerprint density at radius 2 is 1.80 bits per heavy atom. The fourth-order valence-corrected chi connectivity index (χ4v) is 10.9. The van der Waals surface area contributed by atoms with Gasteiger partial charge in [0.25, 0.3) is 0 Å². The van der Waals surface area contributed by atoms with Crippen molar-refractivity contribution >= 4 is 5.78 Å². The average Bonchev–Trinajstić information content (AvgIpc) is 3.27. The van der Waals surface area contributed by atoms with E-state index in [1.54, 1.807) is 0 Å². The molecule has 9 atom stereocenters. The molecule has 0 saturated heterocycles. The van der Waals surface area contributed by atoms with Crippen LogP contribution in [0.3, 0.4) is 0 Å². The monoisotopic (exact) mass is 479 g/mol. The Kier molecular flexibility index (Phi) is 4.87. The topological polar surface area (TPSA) is 63.3 Å². The molecule has 0 radical (unpaired) electrons. The molecule has 1 aromatic rings. The number of ketones is 1. The van der Waals surface area contributed by atoms with E-state index in [9.17, 15) is 9.90 Å². The number of rotatable bonds is 1. The van der Waals surface area contributed by atoms with E-state index in [1.807, 2.05) is 6.20 Å². The maximum absolute atomic E-state index is 14.4. The van der Waals surface area contributed by atoms with Crippen LogP contribution in [0.4, 0.5) is 0 Å². The first-order chi connectivity index (χ1) is 16.4. The molecule has 0 aliphatic heterocycles. The Balaban J connectivity index is 1.52. The molecular weight excluding hydrogens is 434 g/mol. The molecule has 6 rings (SSSR count). The van der Waals surface area contributed by atoms with Crippen LogP contribution in [-0.2, 0) is 16.6 Å². The number of allylic oxidation sites excluding steroid dienone is 2. The second-order valence-corrected chi connectivity index (χ2v) is 14.7. The van der Waals surface area contributed by atoms with Gasteiger partial charge in [-0.05, 0) is 96.4 Å². The molecule has 1 heterocycles. The van der Waals surface area contributed by atoms with Gasteiger partial charge in [0.2, 0.25) is 0 Å². The standard InChI is InChI=1S/C31H45NO3/c1-18-8-11-31(17-33)13-12-30(7)25(24(31)19(18)2)21(34)14-23-28(5)15-20-16-32-35-26(20)27(3,4)22(28)9-10-29(23,30)6/h14,16,18-19,22,24-25,33H,8-13,15,17H2,1-7H3/t18-,19+,22+,24+,25-,28+,29-,30-,31-/m1/s1. The summed E-state index contributed by atoms with van der Waals surface area (Å²) in [5.74, 6) is 3.17. The van der Waals surface area contributed by atoms with Crippen LogP contribution in [0.1, 0.15) is 98.3 Å². The van der Waals surface area contributed by atoms with Crippen molar-refractivity contribution in [2.45, 2.75) is 98.8 Å². The molecule has 3 fully saturated rings. The van der Waals surface area contributed by atoms with Gasteiger partial charge < -0.3 is 9.63 Å². The van der Waals surface area contributed by atoms with Crippen LogP contribution in [0.2, 0.25) is 0 Å². The first-order valence-corrected chi connectivity index (χ1v) is 14.2. The number of hydrogen-bond donors (Lipinski definition) is 1. The smallest absolute Gasteiger partial charge is 0.159 e.